The maximum Gasteiger partial charge on any atom is 0.272 e. The molecule has 27 heavy (non-hydrogen) atoms. The minimum absolute atomic E-state index is 0.0982. The molecule has 1 heterocycles. The fourth-order valence-corrected chi connectivity index (χ4v) is 2.71. The Hall–Kier alpha value is -3.38. The van der Waals surface area contributed by atoms with Crippen molar-refractivity contribution in [3.8, 4) is 17.0 Å². The zero-order chi connectivity index (χ0) is 19.1. The van der Waals surface area contributed by atoms with Crippen LogP contribution in [0.2, 0.25) is 0 Å². The summed E-state index contributed by atoms with van der Waals surface area (Å²) < 4.78 is 0. The van der Waals surface area contributed by atoms with Crippen molar-refractivity contribution in [1.29, 1.82) is 0 Å². The summed E-state index contributed by atoms with van der Waals surface area (Å²) in [5.41, 5.74) is 2.37. The molecule has 1 aromatic heterocycles. The molecule has 3 aromatic rings. The van der Waals surface area contributed by atoms with Crippen molar-refractivity contribution in [2.75, 3.05) is 19.7 Å². The third kappa shape index (κ3) is 4.62. The van der Waals surface area contributed by atoms with Gasteiger partial charge in [0.1, 0.15) is 11.4 Å². The first-order valence-electron chi connectivity index (χ1n) is 8.64. The van der Waals surface area contributed by atoms with Gasteiger partial charge >= 0.3 is 0 Å². The van der Waals surface area contributed by atoms with E-state index in [-0.39, 0.29) is 24.8 Å². The number of aromatic amines is 1. The fourth-order valence-electron chi connectivity index (χ4n) is 2.71. The van der Waals surface area contributed by atoms with Gasteiger partial charge in [0.05, 0.1) is 12.3 Å². The molecule has 0 fully saturated rings. The van der Waals surface area contributed by atoms with Crippen molar-refractivity contribution in [3.05, 3.63) is 78.0 Å². The molecule has 0 unspecified atom stereocenters. The first kappa shape index (κ1) is 18.4. The van der Waals surface area contributed by atoms with Crippen LogP contribution in [0.4, 0.5) is 0 Å². The van der Waals surface area contributed by atoms with E-state index >= 15 is 0 Å². The van der Waals surface area contributed by atoms with Crippen LogP contribution in [-0.4, -0.2) is 50.9 Å². The van der Waals surface area contributed by atoms with Gasteiger partial charge < -0.3 is 15.1 Å². The van der Waals surface area contributed by atoms with Gasteiger partial charge in [0.2, 0.25) is 0 Å². The highest BCUT2D eigenvalue weighted by Crippen LogP contribution is 2.27. The van der Waals surface area contributed by atoms with Gasteiger partial charge in [0.15, 0.2) is 0 Å². The number of aliphatic hydroxyl groups excluding tert-OH is 1. The molecule has 0 spiro atoms. The highest BCUT2D eigenvalue weighted by atomic mass is 16.3. The van der Waals surface area contributed by atoms with Crippen molar-refractivity contribution in [2.24, 2.45) is 0 Å². The summed E-state index contributed by atoms with van der Waals surface area (Å²) >= 11 is 0. The number of hydrogen-bond acceptors (Lipinski definition) is 4. The minimum atomic E-state index is -0.268. The largest absolute Gasteiger partial charge is 0.507 e. The Labute approximate surface area is 157 Å². The smallest absolute Gasteiger partial charge is 0.272 e. The molecule has 0 aliphatic carbocycles. The van der Waals surface area contributed by atoms with E-state index in [1.807, 2.05) is 42.5 Å². The number of carbonyl (C=O) groups is 1. The minimum Gasteiger partial charge on any atom is -0.507 e. The maximum absolute atomic E-state index is 12.8. The second-order valence-electron chi connectivity index (χ2n) is 5.97. The van der Waals surface area contributed by atoms with Gasteiger partial charge in [-0.15, -0.1) is 0 Å². The van der Waals surface area contributed by atoms with E-state index in [2.05, 4.69) is 10.2 Å². The Balaban J connectivity index is 1.73. The lowest BCUT2D eigenvalue weighted by Crippen LogP contribution is -2.34. The van der Waals surface area contributed by atoms with Gasteiger partial charge in [0.25, 0.3) is 5.91 Å². The van der Waals surface area contributed by atoms with E-state index in [1.54, 1.807) is 30.3 Å². The molecule has 138 valence electrons. The highest BCUT2D eigenvalue weighted by molar-refractivity contribution is 5.93. The van der Waals surface area contributed by atoms with E-state index in [4.69, 9.17) is 0 Å². The third-order valence-corrected chi connectivity index (χ3v) is 4.08. The number of nitrogens with zero attached hydrogens (tertiary/aromatic N) is 2. The van der Waals surface area contributed by atoms with Gasteiger partial charge in [-0.05, 0) is 23.8 Å². The first-order valence-corrected chi connectivity index (χ1v) is 8.64. The van der Waals surface area contributed by atoms with Crippen molar-refractivity contribution in [3.63, 3.8) is 0 Å². The maximum atomic E-state index is 12.8. The molecule has 0 atom stereocenters. The summed E-state index contributed by atoms with van der Waals surface area (Å²) in [4.78, 5) is 14.3. The van der Waals surface area contributed by atoms with Gasteiger partial charge in [0, 0.05) is 18.7 Å². The Morgan fingerprint density at radius 3 is 2.59 bits per heavy atom. The number of para-hydroxylation sites is 1. The summed E-state index contributed by atoms with van der Waals surface area (Å²) in [6, 6.07) is 18.2. The van der Waals surface area contributed by atoms with Crippen LogP contribution < -0.4 is 0 Å². The number of benzene rings is 2. The van der Waals surface area contributed by atoms with Crippen LogP contribution >= 0.6 is 0 Å². The van der Waals surface area contributed by atoms with Gasteiger partial charge in [-0.3, -0.25) is 9.89 Å². The Morgan fingerprint density at radius 2 is 1.85 bits per heavy atom. The van der Waals surface area contributed by atoms with Crippen LogP contribution in [0, 0.1) is 0 Å². The van der Waals surface area contributed by atoms with E-state index < -0.39 is 0 Å². The molecule has 3 rings (SSSR count). The SMILES string of the molecule is O=C(c1cc(-c2ccccc2O)n[nH]1)N(CC=Cc1ccccc1)CCO. The lowest BCUT2D eigenvalue weighted by molar-refractivity contribution is 0.0737. The number of nitrogens with one attached hydrogen (secondary N) is 1. The van der Waals surface area contributed by atoms with E-state index in [1.165, 1.54) is 4.90 Å². The zero-order valence-electron chi connectivity index (χ0n) is 14.7. The van der Waals surface area contributed by atoms with Crippen LogP contribution in [0.5, 0.6) is 5.75 Å². The number of aromatic nitrogens is 2. The number of aromatic hydroxyl groups is 1. The van der Waals surface area contributed by atoms with E-state index in [0.29, 0.717) is 23.5 Å². The monoisotopic (exact) mass is 363 g/mol. The molecule has 6 nitrogen and oxygen atoms in total. The van der Waals surface area contributed by atoms with Crippen molar-refractivity contribution < 1.29 is 15.0 Å². The predicted molar refractivity (Wildman–Crippen MR) is 104 cm³/mol. The van der Waals surface area contributed by atoms with Crippen molar-refractivity contribution >= 4 is 12.0 Å². The van der Waals surface area contributed by atoms with Gasteiger partial charge in [-0.2, -0.15) is 5.10 Å². The zero-order valence-corrected chi connectivity index (χ0v) is 14.7. The summed E-state index contributed by atoms with van der Waals surface area (Å²) in [6.45, 7) is 0.438. The molecule has 0 bridgehead atoms. The quantitative estimate of drug-likeness (QED) is 0.602. The summed E-state index contributed by atoms with van der Waals surface area (Å²) in [7, 11) is 0. The van der Waals surface area contributed by atoms with E-state index in [0.717, 1.165) is 5.56 Å². The average molecular weight is 363 g/mol. The van der Waals surface area contributed by atoms with Gasteiger partial charge in [-0.1, -0.05) is 54.6 Å². The number of amides is 1. The van der Waals surface area contributed by atoms with Crippen molar-refractivity contribution in [1.82, 2.24) is 15.1 Å². The molecule has 0 aliphatic heterocycles. The number of phenols is 1. The summed E-state index contributed by atoms with van der Waals surface area (Å²) in [5, 5.41) is 26.1. The first-order chi connectivity index (χ1) is 13.2. The molecular weight excluding hydrogens is 342 g/mol. The second kappa shape index (κ2) is 8.82. The number of carbonyl (C=O) groups excluding carboxylic acids is 1. The lowest BCUT2D eigenvalue weighted by Gasteiger charge is -2.19. The average Bonchev–Trinajstić information content (AvgIpc) is 3.18. The Kier molecular flexibility index (Phi) is 6.02. The molecular formula is C21H21N3O3. The predicted octanol–water partition coefficient (Wildman–Crippen LogP) is 2.93. The van der Waals surface area contributed by atoms with Gasteiger partial charge in [-0.25, -0.2) is 0 Å². The van der Waals surface area contributed by atoms with E-state index in [9.17, 15) is 15.0 Å². The van der Waals surface area contributed by atoms with Crippen LogP contribution in [0.1, 0.15) is 16.1 Å². The summed E-state index contributed by atoms with van der Waals surface area (Å²) in [5.74, 6) is -0.169. The molecule has 0 aliphatic rings. The molecule has 3 N–H and O–H groups in total. The number of rotatable bonds is 7. The highest BCUT2D eigenvalue weighted by Gasteiger charge is 2.18. The number of H-pyrrole nitrogens is 1. The second-order valence-corrected chi connectivity index (χ2v) is 5.97. The number of aliphatic hydroxyl groups is 1. The summed E-state index contributed by atoms with van der Waals surface area (Å²) in [6.07, 6.45) is 3.81. The Morgan fingerprint density at radius 1 is 1.11 bits per heavy atom. The van der Waals surface area contributed by atoms with Crippen molar-refractivity contribution in [2.45, 2.75) is 0 Å². The Bertz CT molecular complexity index is 919. The molecule has 0 saturated heterocycles. The number of phenolic OH excluding ortho intramolecular Hbond substituents is 1. The van der Waals surface area contributed by atoms with Crippen LogP contribution in [-0.2, 0) is 0 Å². The van der Waals surface area contributed by atoms with Crippen LogP contribution in [0.15, 0.2) is 66.7 Å². The number of hydrogen-bond donors (Lipinski definition) is 3. The standard InChI is InChI=1S/C21H21N3O3/c25-14-13-24(12-6-9-16-7-2-1-3-8-16)21(27)19-15-18(22-23-19)17-10-4-5-11-20(17)26/h1-11,15,25-26H,12-14H2,(H,22,23). The molecule has 1 amide bonds. The third-order valence-electron chi connectivity index (χ3n) is 4.08. The molecule has 2 aromatic carbocycles. The van der Waals surface area contributed by atoms with Crippen LogP contribution in [0.3, 0.4) is 0 Å². The molecule has 6 heteroatoms. The molecule has 0 radical (unpaired) electrons. The normalized spacial score (nSPS) is 11.0. The lowest BCUT2D eigenvalue weighted by atomic mass is 10.1. The fraction of sp³-hybridized carbons (Fsp3) is 0.143. The molecule has 0 saturated carbocycles. The topological polar surface area (TPSA) is 89.4 Å². The van der Waals surface area contributed by atoms with Crippen LogP contribution in [0.25, 0.3) is 17.3 Å².